The van der Waals surface area contributed by atoms with Gasteiger partial charge in [0.05, 0.1) is 12.0 Å². The molecule has 0 saturated heterocycles. The minimum atomic E-state index is -0.228. The van der Waals surface area contributed by atoms with Crippen LogP contribution in [-0.4, -0.2) is 15.6 Å². The molecule has 2 aromatic carbocycles. The number of para-hydroxylation sites is 1. The fourth-order valence-electron chi connectivity index (χ4n) is 2.72. The number of hydrogen-bond acceptors (Lipinski definition) is 2. The van der Waals surface area contributed by atoms with E-state index in [1.807, 2.05) is 59.3 Å². The summed E-state index contributed by atoms with van der Waals surface area (Å²) >= 11 is 0. The number of anilines is 1. The number of carbonyl (C=O) groups excluding carboxylic acids is 1. The van der Waals surface area contributed by atoms with Crippen LogP contribution in [0.15, 0.2) is 67.3 Å². The molecule has 26 heavy (non-hydrogen) atoms. The number of benzene rings is 2. The number of rotatable bonds is 4. The van der Waals surface area contributed by atoms with Crippen LogP contribution < -0.4 is 10.6 Å². The third-order valence-corrected chi connectivity index (χ3v) is 4.22. The van der Waals surface area contributed by atoms with Gasteiger partial charge >= 0.3 is 6.03 Å². The molecule has 5 heteroatoms. The van der Waals surface area contributed by atoms with Crippen molar-refractivity contribution in [1.29, 1.82) is 0 Å². The second kappa shape index (κ2) is 7.44. The Labute approximate surface area is 154 Å². The van der Waals surface area contributed by atoms with Gasteiger partial charge in [0, 0.05) is 24.6 Å². The van der Waals surface area contributed by atoms with Gasteiger partial charge in [-0.1, -0.05) is 51.1 Å². The molecular formula is C21H24N4O. The number of hydrogen-bond donors (Lipinski definition) is 2. The van der Waals surface area contributed by atoms with Gasteiger partial charge in [-0.3, -0.25) is 0 Å². The van der Waals surface area contributed by atoms with E-state index in [0.29, 0.717) is 6.54 Å². The molecule has 3 aromatic rings. The molecule has 0 unspecified atom stereocenters. The summed E-state index contributed by atoms with van der Waals surface area (Å²) in [7, 11) is 0. The summed E-state index contributed by atoms with van der Waals surface area (Å²) in [5.74, 6) is 0. The van der Waals surface area contributed by atoms with Crippen molar-refractivity contribution in [1.82, 2.24) is 14.9 Å². The van der Waals surface area contributed by atoms with E-state index in [4.69, 9.17) is 0 Å². The second-order valence-corrected chi connectivity index (χ2v) is 7.23. The van der Waals surface area contributed by atoms with Gasteiger partial charge < -0.3 is 15.2 Å². The van der Waals surface area contributed by atoms with Crippen molar-refractivity contribution in [2.24, 2.45) is 0 Å². The van der Waals surface area contributed by atoms with Gasteiger partial charge in [0.2, 0.25) is 0 Å². The van der Waals surface area contributed by atoms with E-state index in [2.05, 4.69) is 36.4 Å². The highest BCUT2D eigenvalue weighted by molar-refractivity contribution is 5.89. The molecule has 0 radical (unpaired) electrons. The molecule has 0 fully saturated rings. The predicted molar refractivity (Wildman–Crippen MR) is 105 cm³/mol. The van der Waals surface area contributed by atoms with E-state index in [0.717, 1.165) is 16.9 Å². The van der Waals surface area contributed by atoms with Crippen LogP contribution in [0.25, 0.3) is 5.69 Å². The maximum atomic E-state index is 12.2. The summed E-state index contributed by atoms with van der Waals surface area (Å²) in [5.41, 5.74) is 4.12. The summed E-state index contributed by atoms with van der Waals surface area (Å²) in [6.07, 6.45) is 5.36. The van der Waals surface area contributed by atoms with Crippen molar-refractivity contribution in [3.8, 4) is 5.69 Å². The van der Waals surface area contributed by atoms with Crippen LogP contribution in [0.1, 0.15) is 31.9 Å². The highest BCUT2D eigenvalue weighted by atomic mass is 16.2. The van der Waals surface area contributed by atoms with Crippen LogP contribution in [0.5, 0.6) is 0 Å². The number of nitrogens with one attached hydrogen (secondary N) is 2. The first-order valence-corrected chi connectivity index (χ1v) is 8.65. The molecule has 5 nitrogen and oxygen atoms in total. The molecule has 0 bridgehead atoms. The number of imidazole rings is 1. The lowest BCUT2D eigenvalue weighted by atomic mass is 9.87. The van der Waals surface area contributed by atoms with Crippen molar-refractivity contribution < 1.29 is 4.79 Å². The monoisotopic (exact) mass is 348 g/mol. The number of urea groups is 1. The maximum absolute atomic E-state index is 12.2. The van der Waals surface area contributed by atoms with E-state index in [-0.39, 0.29) is 11.4 Å². The normalized spacial score (nSPS) is 11.2. The number of carbonyl (C=O) groups is 1. The lowest BCUT2D eigenvalue weighted by Crippen LogP contribution is -2.28. The number of amides is 2. The Morgan fingerprint density at radius 2 is 1.81 bits per heavy atom. The van der Waals surface area contributed by atoms with Gasteiger partial charge in [-0.15, -0.1) is 0 Å². The van der Waals surface area contributed by atoms with Crippen LogP contribution >= 0.6 is 0 Å². The van der Waals surface area contributed by atoms with Gasteiger partial charge in [-0.2, -0.15) is 0 Å². The highest BCUT2D eigenvalue weighted by Gasteiger charge is 2.13. The van der Waals surface area contributed by atoms with E-state index >= 15 is 0 Å². The smallest absolute Gasteiger partial charge is 0.319 e. The molecule has 134 valence electrons. The van der Waals surface area contributed by atoms with E-state index < -0.39 is 0 Å². The molecule has 0 saturated carbocycles. The van der Waals surface area contributed by atoms with Crippen LogP contribution in [-0.2, 0) is 12.0 Å². The Balaban J connectivity index is 1.62. The molecule has 2 N–H and O–H groups in total. The van der Waals surface area contributed by atoms with Gasteiger partial charge in [0.1, 0.15) is 0 Å². The van der Waals surface area contributed by atoms with Crippen molar-refractivity contribution in [3.63, 3.8) is 0 Å². The Bertz CT molecular complexity index is 862. The molecular weight excluding hydrogens is 324 g/mol. The highest BCUT2D eigenvalue weighted by Crippen LogP contribution is 2.23. The molecule has 1 heterocycles. The maximum Gasteiger partial charge on any atom is 0.319 e. The first-order chi connectivity index (χ1) is 12.4. The summed E-state index contributed by atoms with van der Waals surface area (Å²) in [4.78, 5) is 16.3. The van der Waals surface area contributed by atoms with Crippen molar-refractivity contribution in [2.75, 3.05) is 5.32 Å². The lowest BCUT2D eigenvalue weighted by Gasteiger charge is -2.19. The molecule has 0 atom stereocenters. The van der Waals surface area contributed by atoms with Crippen molar-refractivity contribution >= 4 is 11.7 Å². The number of aromatic nitrogens is 2. The summed E-state index contributed by atoms with van der Waals surface area (Å²) in [6, 6.07) is 15.6. The Morgan fingerprint density at radius 3 is 2.46 bits per heavy atom. The van der Waals surface area contributed by atoms with Crippen molar-refractivity contribution in [3.05, 3.63) is 78.4 Å². The zero-order valence-corrected chi connectivity index (χ0v) is 15.4. The van der Waals surface area contributed by atoms with Gasteiger partial charge in [0.15, 0.2) is 0 Å². The van der Waals surface area contributed by atoms with Crippen LogP contribution in [0, 0.1) is 0 Å². The molecule has 0 aliphatic heterocycles. The summed E-state index contributed by atoms with van der Waals surface area (Å²) in [6.45, 7) is 6.93. The standard InChI is InChI=1S/C21H24N4O/c1-21(2,3)17-8-10-18(11-9-17)24-20(26)23-14-16-6-4-5-7-19(16)25-13-12-22-15-25/h4-13,15H,14H2,1-3H3,(H2,23,24,26). The van der Waals surface area contributed by atoms with Crippen LogP contribution in [0.2, 0.25) is 0 Å². The third kappa shape index (κ3) is 4.30. The first-order valence-electron chi connectivity index (χ1n) is 8.65. The minimum absolute atomic E-state index is 0.0951. The molecule has 1 aromatic heterocycles. The lowest BCUT2D eigenvalue weighted by molar-refractivity contribution is 0.251. The fourth-order valence-corrected chi connectivity index (χ4v) is 2.72. The van der Waals surface area contributed by atoms with E-state index in [9.17, 15) is 4.79 Å². The Hall–Kier alpha value is -3.08. The van der Waals surface area contributed by atoms with Crippen molar-refractivity contribution in [2.45, 2.75) is 32.7 Å². The summed E-state index contributed by atoms with van der Waals surface area (Å²) < 4.78 is 1.93. The summed E-state index contributed by atoms with van der Waals surface area (Å²) in [5, 5.41) is 5.79. The average Bonchev–Trinajstić information content (AvgIpc) is 3.14. The molecule has 0 aliphatic carbocycles. The van der Waals surface area contributed by atoms with Crippen LogP contribution in [0.4, 0.5) is 10.5 Å². The zero-order valence-electron chi connectivity index (χ0n) is 15.4. The number of nitrogens with zero attached hydrogens (tertiary/aromatic N) is 2. The van der Waals surface area contributed by atoms with Crippen LogP contribution in [0.3, 0.4) is 0 Å². The molecule has 3 rings (SSSR count). The minimum Gasteiger partial charge on any atom is -0.334 e. The van der Waals surface area contributed by atoms with Gasteiger partial charge in [-0.25, -0.2) is 9.78 Å². The largest absolute Gasteiger partial charge is 0.334 e. The van der Waals surface area contributed by atoms with E-state index in [1.54, 1.807) is 12.5 Å². The SMILES string of the molecule is CC(C)(C)c1ccc(NC(=O)NCc2ccccc2-n2ccnc2)cc1. The van der Waals surface area contributed by atoms with Gasteiger partial charge in [0.25, 0.3) is 0 Å². The van der Waals surface area contributed by atoms with E-state index in [1.165, 1.54) is 5.56 Å². The molecule has 0 aliphatic rings. The Morgan fingerprint density at radius 1 is 1.08 bits per heavy atom. The third-order valence-electron chi connectivity index (χ3n) is 4.22. The molecule has 2 amide bonds. The second-order valence-electron chi connectivity index (χ2n) is 7.23. The Kier molecular flexibility index (Phi) is 5.07. The fraction of sp³-hybridized carbons (Fsp3) is 0.238. The quantitative estimate of drug-likeness (QED) is 0.730. The van der Waals surface area contributed by atoms with Gasteiger partial charge in [-0.05, 0) is 34.7 Å². The molecule has 0 spiro atoms. The zero-order chi connectivity index (χ0) is 18.6. The topological polar surface area (TPSA) is 59.0 Å². The first kappa shape index (κ1) is 17.7. The average molecular weight is 348 g/mol. The predicted octanol–water partition coefficient (Wildman–Crippen LogP) is 4.49.